The van der Waals surface area contributed by atoms with E-state index in [-0.39, 0.29) is 11.8 Å². The van der Waals surface area contributed by atoms with Gasteiger partial charge in [0, 0.05) is 31.7 Å². The second-order valence-corrected chi connectivity index (χ2v) is 6.77. The van der Waals surface area contributed by atoms with Crippen molar-refractivity contribution in [2.75, 3.05) is 13.1 Å². The van der Waals surface area contributed by atoms with Crippen LogP contribution in [0.1, 0.15) is 35.9 Å². The van der Waals surface area contributed by atoms with Gasteiger partial charge in [-0.3, -0.25) is 9.48 Å². The molecule has 0 saturated heterocycles. The minimum absolute atomic E-state index is 0.0805. The number of carbonyl (C=O) groups is 1. The number of hydrogen-bond acceptors (Lipinski definition) is 3. The molecule has 1 amide bonds. The predicted octanol–water partition coefficient (Wildman–Crippen LogP) is 2.59. The first-order valence-electron chi connectivity index (χ1n) is 8.95. The van der Waals surface area contributed by atoms with Crippen molar-refractivity contribution >= 4 is 5.91 Å². The highest BCUT2D eigenvalue weighted by Gasteiger charge is 2.23. The van der Waals surface area contributed by atoms with Crippen LogP contribution in [-0.2, 0) is 24.8 Å². The fraction of sp³-hybridized carbons (Fsp3) is 0.500. The van der Waals surface area contributed by atoms with Crippen LogP contribution in [0.3, 0.4) is 0 Å². The minimum Gasteiger partial charge on any atom is -0.338 e. The molecular weight excluding hydrogens is 312 g/mol. The molecule has 136 valence electrons. The molecule has 2 aromatic rings. The number of rotatable bonds is 8. The van der Waals surface area contributed by atoms with Crippen LogP contribution in [0.4, 0.5) is 0 Å². The van der Waals surface area contributed by atoms with E-state index in [1.807, 2.05) is 48.7 Å². The molecule has 0 saturated carbocycles. The molecule has 0 aliphatic rings. The summed E-state index contributed by atoms with van der Waals surface area (Å²) in [6.45, 7) is 8.00. The number of aromatic nitrogens is 2. The normalized spacial score (nSPS) is 12.2. The Bertz CT molecular complexity index is 693. The second kappa shape index (κ2) is 8.81. The Morgan fingerprint density at radius 3 is 2.52 bits per heavy atom. The van der Waals surface area contributed by atoms with Crippen LogP contribution in [0.2, 0.25) is 0 Å². The van der Waals surface area contributed by atoms with Gasteiger partial charge < -0.3 is 10.6 Å². The number of nitrogens with zero attached hydrogens (tertiary/aromatic N) is 3. The van der Waals surface area contributed by atoms with Crippen LogP contribution in [0.25, 0.3) is 0 Å². The van der Waals surface area contributed by atoms with Crippen LogP contribution in [0, 0.1) is 19.8 Å². The third-order valence-electron chi connectivity index (χ3n) is 4.75. The Morgan fingerprint density at radius 2 is 1.96 bits per heavy atom. The molecule has 1 heterocycles. The Labute approximate surface area is 150 Å². The Morgan fingerprint density at radius 1 is 1.28 bits per heavy atom. The molecule has 0 aliphatic heterocycles. The van der Waals surface area contributed by atoms with Gasteiger partial charge in [0.15, 0.2) is 0 Å². The van der Waals surface area contributed by atoms with Gasteiger partial charge in [0.1, 0.15) is 0 Å². The summed E-state index contributed by atoms with van der Waals surface area (Å²) in [5.41, 5.74) is 10.1. The van der Waals surface area contributed by atoms with E-state index in [1.54, 1.807) is 0 Å². The number of aryl methyl sites for hydroxylation is 2. The molecule has 0 fully saturated rings. The monoisotopic (exact) mass is 342 g/mol. The zero-order chi connectivity index (χ0) is 18.4. The number of carbonyl (C=O) groups excluding carboxylic acids is 1. The summed E-state index contributed by atoms with van der Waals surface area (Å²) < 4.78 is 1.89. The first-order valence-corrected chi connectivity index (χ1v) is 8.95. The lowest BCUT2D eigenvalue weighted by atomic mass is 9.98. The molecular formula is C20H30N4O. The van der Waals surface area contributed by atoms with Crippen LogP contribution >= 0.6 is 0 Å². The number of amides is 1. The van der Waals surface area contributed by atoms with Crippen molar-refractivity contribution in [1.82, 2.24) is 14.7 Å². The number of nitrogens with two attached hydrogens (primary N) is 1. The van der Waals surface area contributed by atoms with Crippen molar-refractivity contribution in [2.45, 2.75) is 40.2 Å². The van der Waals surface area contributed by atoms with E-state index in [9.17, 15) is 4.79 Å². The number of hydrogen-bond donors (Lipinski definition) is 1. The van der Waals surface area contributed by atoms with Gasteiger partial charge >= 0.3 is 0 Å². The molecule has 1 atom stereocenters. The average molecular weight is 342 g/mol. The average Bonchev–Trinajstić information content (AvgIpc) is 2.85. The molecule has 5 nitrogen and oxygen atoms in total. The summed E-state index contributed by atoms with van der Waals surface area (Å²) in [6.07, 6.45) is 1.54. The van der Waals surface area contributed by atoms with Gasteiger partial charge in [0.25, 0.3) is 0 Å². The minimum atomic E-state index is -0.0805. The van der Waals surface area contributed by atoms with E-state index < -0.39 is 0 Å². The molecule has 2 rings (SSSR count). The summed E-state index contributed by atoms with van der Waals surface area (Å²) in [6, 6.07) is 10.1. The Balaban J connectivity index is 2.11. The first kappa shape index (κ1) is 19.2. The smallest absolute Gasteiger partial charge is 0.226 e. The molecule has 2 N–H and O–H groups in total. The summed E-state index contributed by atoms with van der Waals surface area (Å²) in [7, 11) is 1.95. The van der Waals surface area contributed by atoms with E-state index in [0.717, 1.165) is 29.8 Å². The zero-order valence-corrected chi connectivity index (χ0v) is 15.8. The van der Waals surface area contributed by atoms with Crippen LogP contribution < -0.4 is 5.73 Å². The predicted molar refractivity (Wildman–Crippen MR) is 101 cm³/mol. The highest BCUT2D eigenvalue weighted by Crippen LogP contribution is 2.19. The molecule has 0 spiro atoms. The van der Waals surface area contributed by atoms with Crippen molar-refractivity contribution < 1.29 is 4.79 Å². The highest BCUT2D eigenvalue weighted by atomic mass is 16.2. The molecule has 1 unspecified atom stereocenters. The van der Waals surface area contributed by atoms with Crippen LogP contribution in [-0.4, -0.2) is 33.7 Å². The second-order valence-electron chi connectivity index (χ2n) is 6.77. The van der Waals surface area contributed by atoms with Gasteiger partial charge in [-0.05, 0) is 44.4 Å². The fourth-order valence-corrected chi connectivity index (χ4v) is 3.17. The van der Waals surface area contributed by atoms with Gasteiger partial charge in [-0.2, -0.15) is 5.10 Å². The van der Waals surface area contributed by atoms with Gasteiger partial charge in [0.2, 0.25) is 5.91 Å². The lowest BCUT2D eigenvalue weighted by molar-refractivity contribution is -0.135. The molecule has 25 heavy (non-hydrogen) atoms. The van der Waals surface area contributed by atoms with E-state index in [2.05, 4.69) is 24.2 Å². The molecule has 0 radical (unpaired) electrons. The molecule has 0 aliphatic carbocycles. The highest BCUT2D eigenvalue weighted by molar-refractivity contribution is 5.79. The third-order valence-corrected chi connectivity index (χ3v) is 4.75. The summed E-state index contributed by atoms with van der Waals surface area (Å²) in [4.78, 5) is 15.0. The van der Waals surface area contributed by atoms with Gasteiger partial charge in [-0.15, -0.1) is 0 Å². The molecule has 0 bridgehead atoms. The van der Waals surface area contributed by atoms with Crippen molar-refractivity contribution in [1.29, 1.82) is 0 Å². The molecule has 1 aromatic carbocycles. The van der Waals surface area contributed by atoms with Crippen LogP contribution in [0.15, 0.2) is 30.3 Å². The summed E-state index contributed by atoms with van der Waals surface area (Å²) in [5.74, 6) is 0.100. The standard InChI is InChI=1S/C20H30N4O/c1-15(13-19-16(2)22-23(4)17(19)3)20(25)24(12-8-11-21)14-18-9-6-5-7-10-18/h5-7,9-10,15H,8,11-14,21H2,1-4H3. The summed E-state index contributed by atoms with van der Waals surface area (Å²) >= 11 is 0. The first-order chi connectivity index (χ1) is 11.9. The van der Waals surface area contributed by atoms with Gasteiger partial charge in [-0.25, -0.2) is 0 Å². The maximum Gasteiger partial charge on any atom is 0.226 e. The fourth-order valence-electron chi connectivity index (χ4n) is 3.17. The van der Waals surface area contributed by atoms with E-state index in [1.165, 1.54) is 5.56 Å². The van der Waals surface area contributed by atoms with Crippen molar-refractivity contribution in [3.63, 3.8) is 0 Å². The van der Waals surface area contributed by atoms with Crippen molar-refractivity contribution in [2.24, 2.45) is 18.7 Å². The van der Waals surface area contributed by atoms with Gasteiger partial charge in [-0.1, -0.05) is 37.3 Å². The topological polar surface area (TPSA) is 64.2 Å². The SMILES string of the molecule is Cc1nn(C)c(C)c1CC(C)C(=O)N(CCCN)Cc1ccccc1. The van der Waals surface area contributed by atoms with Crippen LogP contribution in [0.5, 0.6) is 0 Å². The lowest BCUT2D eigenvalue weighted by Gasteiger charge is -2.26. The molecule has 1 aromatic heterocycles. The lowest BCUT2D eigenvalue weighted by Crippen LogP contribution is -2.37. The largest absolute Gasteiger partial charge is 0.338 e. The zero-order valence-electron chi connectivity index (χ0n) is 15.8. The van der Waals surface area contributed by atoms with E-state index in [0.29, 0.717) is 19.6 Å². The number of benzene rings is 1. The Kier molecular flexibility index (Phi) is 6.76. The van der Waals surface area contributed by atoms with E-state index in [4.69, 9.17) is 5.73 Å². The molecule has 5 heteroatoms. The quantitative estimate of drug-likeness (QED) is 0.802. The maximum absolute atomic E-state index is 13.0. The third kappa shape index (κ3) is 4.92. The Hall–Kier alpha value is -2.14. The maximum atomic E-state index is 13.0. The van der Waals surface area contributed by atoms with E-state index >= 15 is 0 Å². The van der Waals surface area contributed by atoms with Crippen molar-refractivity contribution in [3.05, 3.63) is 52.8 Å². The van der Waals surface area contributed by atoms with Gasteiger partial charge in [0.05, 0.1) is 5.69 Å². The summed E-state index contributed by atoms with van der Waals surface area (Å²) in [5, 5.41) is 4.46. The van der Waals surface area contributed by atoms with Crippen molar-refractivity contribution in [3.8, 4) is 0 Å².